The maximum atomic E-state index is 12.7. The van der Waals surface area contributed by atoms with Gasteiger partial charge >= 0.3 is 6.18 Å². The van der Waals surface area contributed by atoms with Crippen LogP contribution < -0.4 is 11.1 Å². The molecule has 2 rings (SSSR count). The number of aromatic nitrogens is 1. The Hall–Kier alpha value is -1.66. The van der Waals surface area contributed by atoms with Gasteiger partial charge in [0.2, 0.25) is 0 Å². The first-order valence-corrected chi connectivity index (χ1v) is 6.07. The van der Waals surface area contributed by atoms with Crippen molar-refractivity contribution in [3.8, 4) is 0 Å². The van der Waals surface area contributed by atoms with E-state index in [1.807, 2.05) is 0 Å². The van der Waals surface area contributed by atoms with Crippen LogP contribution in [0.15, 0.2) is 30.3 Å². The van der Waals surface area contributed by atoms with Gasteiger partial charge in [0.05, 0.1) is 5.56 Å². The zero-order valence-corrected chi connectivity index (χ0v) is 11.3. The molecular formula is C12H8Cl2F3N3. The highest BCUT2D eigenvalue weighted by molar-refractivity contribution is 6.31. The SMILES string of the molecule is Nc1cc(Cl)nc(Nc2cc(Cl)cc(C(F)(F)F)c2)c1. The molecule has 0 radical (unpaired) electrons. The van der Waals surface area contributed by atoms with Crippen LogP contribution in [-0.2, 0) is 6.18 Å². The first-order chi connectivity index (χ1) is 9.24. The monoisotopic (exact) mass is 321 g/mol. The first kappa shape index (κ1) is 14.7. The number of pyridine rings is 1. The predicted octanol–water partition coefficient (Wildman–Crippen LogP) is 4.73. The van der Waals surface area contributed by atoms with E-state index in [4.69, 9.17) is 28.9 Å². The van der Waals surface area contributed by atoms with Crippen molar-refractivity contribution in [3.05, 3.63) is 46.1 Å². The van der Waals surface area contributed by atoms with Gasteiger partial charge in [-0.05, 0) is 24.3 Å². The lowest BCUT2D eigenvalue weighted by Crippen LogP contribution is -2.06. The van der Waals surface area contributed by atoms with Gasteiger partial charge < -0.3 is 11.1 Å². The van der Waals surface area contributed by atoms with Crippen LogP contribution in [0.2, 0.25) is 10.2 Å². The molecule has 106 valence electrons. The minimum absolute atomic E-state index is 0.0441. The third-order valence-corrected chi connectivity index (χ3v) is 2.73. The Bertz CT molecular complexity index is 624. The molecule has 0 saturated heterocycles. The molecule has 3 N–H and O–H groups in total. The first-order valence-electron chi connectivity index (χ1n) is 5.32. The van der Waals surface area contributed by atoms with Crippen molar-refractivity contribution in [2.75, 3.05) is 11.1 Å². The molecule has 8 heteroatoms. The molecule has 0 saturated carbocycles. The van der Waals surface area contributed by atoms with E-state index in [1.165, 1.54) is 18.2 Å². The van der Waals surface area contributed by atoms with E-state index in [-0.39, 0.29) is 21.7 Å². The molecule has 0 unspecified atom stereocenters. The number of nitrogens with two attached hydrogens (primary N) is 1. The zero-order chi connectivity index (χ0) is 14.9. The fourth-order valence-electron chi connectivity index (χ4n) is 1.55. The summed E-state index contributed by atoms with van der Waals surface area (Å²) < 4.78 is 38.0. The number of hydrogen-bond donors (Lipinski definition) is 2. The molecule has 1 aromatic heterocycles. The van der Waals surface area contributed by atoms with E-state index >= 15 is 0 Å². The van der Waals surface area contributed by atoms with Crippen molar-refractivity contribution < 1.29 is 13.2 Å². The molecule has 0 aliphatic rings. The number of nitrogen functional groups attached to an aromatic ring is 1. The summed E-state index contributed by atoms with van der Waals surface area (Å²) in [7, 11) is 0. The molecule has 0 fully saturated rings. The van der Waals surface area contributed by atoms with Gasteiger partial charge in [-0.1, -0.05) is 23.2 Å². The summed E-state index contributed by atoms with van der Waals surface area (Å²) in [6.45, 7) is 0. The van der Waals surface area contributed by atoms with Crippen LogP contribution in [0.5, 0.6) is 0 Å². The molecule has 0 bridgehead atoms. The van der Waals surface area contributed by atoms with Crippen LogP contribution in [-0.4, -0.2) is 4.98 Å². The fraction of sp³-hybridized carbons (Fsp3) is 0.0833. The van der Waals surface area contributed by atoms with E-state index in [1.54, 1.807) is 0 Å². The average Bonchev–Trinajstić information content (AvgIpc) is 2.25. The summed E-state index contributed by atoms with van der Waals surface area (Å²) in [5, 5.41) is 2.76. The Morgan fingerprint density at radius 2 is 1.75 bits per heavy atom. The van der Waals surface area contributed by atoms with Crippen molar-refractivity contribution in [3.63, 3.8) is 0 Å². The van der Waals surface area contributed by atoms with Crippen LogP contribution in [0.3, 0.4) is 0 Å². The van der Waals surface area contributed by atoms with Gasteiger partial charge in [-0.3, -0.25) is 0 Å². The second kappa shape index (κ2) is 5.38. The van der Waals surface area contributed by atoms with Crippen molar-refractivity contribution in [1.29, 1.82) is 0 Å². The average molecular weight is 322 g/mol. The topological polar surface area (TPSA) is 50.9 Å². The normalized spacial score (nSPS) is 11.4. The second-order valence-corrected chi connectivity index (χ2v) is 4.78. The number of hydrogen-bond acceptors (Lipinski definition) is 3. The highest BCUT2D eigenvalue weighted by Gasteiger charge is 2.31. The van der Waals surface area contributed by atoms with Crippen LogP contribution >= 0.6 is 23.2 Å². The zero-order valence-electron chi connectivity index (χ0n) is 9.80. The van der Waals surface area contributed by atoms with Gasteiger partial charge in [0.15, 0.2) is 0 Å². The van der Waals surface area contributed by atoms with E-state index in [0.717, 1.165) is 12.1 Å². The fourth-order valence-corrected chi connectivity index (χ4v) is 2.01. The molecule has 0 aliphatic heterocycles. The summed E-state index contributed by atoms with van der Waals surface area (Å²) in [4.78, 5) is 3.90. The van der Waals surface area contributed by atoms with Gasteiger partial charge in [-0.25, -0.2) is 4.98 Å². The number of rotatable bonds is 2. The Kier molecular flexibility index (Phi) is 3.96. The Balaban J connectivity index is 2.36. The Morgan fingerprint density at radius 1 is 1.05 bits per heavy atom. The van der Waals surface area contributed by atoms with Crippen molar-refractivity contribution in [2.24, 2.45) is 0 Å². The molecule has 0 amide bonds. The van der Waals surface area contributed by atoms with Crippen molar-refractivity contribution in [2.45, 2.75) is 6.18 Å². The molecule has 0 atom stereocenters. The van der Waals surface area contributed by atoms with Gasteiger partial charge in [-0.15, -0.1) is 0 Å². The minimum Gasteiger partial charge on any atom is -0.399 e. The summed E-state index contributed by atoms with van der Waals surface area (Å²) in [6, 6.07) is 5.97. The molecule has 0 spiro atoms. The third-order valence-electron chi connectivity index (χ3n) is 2.31. The van der Waals surface area contributed by atoms with Gasteiger partial charge in [0.1, 0.15) is 11.0 Å². The lowest BCUT2D eigenvalue weighted by atomic mass is 10.2. The van der Waals surface area contributed by atoms with E-state index in [2.05, 4.69) is 10.3 Å². The number of halogens is 5. The van der Waals surface area contributed by atoms with Crippen LogP contribution in [0.1, 0.15) is 5.56 Å². The summed E-state index contributed by atoms with van der Waals surface area (Å²) in [6.07, 6.45) is -4.48. The lowest BCUT2D eigenvalue weighted by Gasteiger charge is -2.11. The number of nitrogens with one attached hydrogen (secondary N) is 1. The molecule has 0 aliphatic carbocycles. The smallest absolute Gasteiger partial charge is 0.399 e. The standard InChI is InChI=1S/C12H8Cl2F3N3/c13-7-1-6(12(15,16)17)2-9(3-7)19-11-5-8(18)4-10(14)20-11/h1-5H,(H3,18,19,20). The second-order valence-electron chi connectivity index (χ2n) is 3.96. The van der Waals surface area contributed by atoms with Gasteiger partial charge in [0, 0.05) is 22.5 Å². The summed E-state index contributed by atoms with van der Waals surface area (Å²) in [5.41, 5.74) is 5.19. The Labute approximate surface area is 122 Å². The maximum absolute atomic E-state index is 12.7. The highest BCUT2D eigenvalue weighted by atomic mass is 35.5. The molecule has 2 aromatic rings. The van der Waals surface area contributed by atoms with Crippen molar-refractivity contribution in [1.82, 2.24) is 4.98 Å². The molecule has 1 aromatic carbocycles. The number of anilines is 3. The lowest BCUT2D eigenvalue weighted by molar-refractivity contribution is -0.137. The number of alkyl halides is 3. The van der Waals surface area contributed by atoms with Gasteiger partial charge in [0.25, 0.3) is 0 Å². The highest BCUT2D eigenvalue weighted by Crippen LogP contribution is 2.34. The predicted molar refractivity (Wildman–Crippen MR) is 73.4 cm³/mol. The van der Waals surface area contributed by atoms with E-state index < -0.39 is 11.7 Å². The maximum Gasteiger partial charge on any atom is 0.416 e. The third kappa shape index (κ3) is 3.68. The molecular weight excluding hydrogens is 314 g/mol. The van der Waals surface area contributed by atoms with Crippen LogP contribution in [0.4, 0.5) is 30.4 Å². The van der Waals surface area contributed by atoms with Crippen LogP contribution in [0.25, 0.3) is 0 Å². The largest absolute Gasteiger partial charge is 0.416 e. The van der Waals surface area contributed by atoms with Crippen LogP contribution in [0, 0.1) is 0 Å². The van der Waals surface area contributed by atoms with E-state index in [0.29, 0.717) is 5.69 Å². The Morgan fingerprint density at radius 3 is 2.35 bits per heavy atom. The minimum atomic E-state index is -4.48. The molecule has 1 heterocycles. The van der Waals surface area contributed by atoms with Gasteiger partial charge in [-0.2, -0.15) is 13.2 Å². The molecule has 3 nitrogen and oxygen atoms in total. The number of benzene rings is 1. The number of nitrogens with zero attached hydrogens (tertiary/aromatic N) is 1. The summed E-state index contributed by atoms with van der Waals surface area (Å²) >= 11 is 11.4. The van der Waals surface area contributed by atoms with Crippen molar-refractivity contribution >= 4 is 40.4 Å². The summed E-state index contributed by atoms with van der Waals surface area (Å²) in [5.74, 6) is 0.227. The molecule has 20 heavy (non-hydrogen) atoms. The quantitative estimate of drug-likeness (QED) is 0.786. The van der Waals surface area contributed by atoms with E-state index in [9.17, 15) is 13.2 Å².